The van der Waals surface area contributed by atoms with Gasteiger partial charge in [0.1, 0.15) is 5.82 Å². The van der Waals surface area contributed by atoms with E-state index in [0.29, 0.717) is 18.7 Å². The van der Waals surface area contributed by atoms with E-state index in [1.54, 1.807) is 6.07 Å². The molecule has 3 atom stereocenters. The van der Waals surface area contributed by atoms with Crippen LogP contribution in [0.15, 0.2) is 36.4 Å². The third kappa shape index (κ3) is 8.07. The fourth-order valence-corrected chi connectivity index (χ4v) is 4.47. The summed E-state index contributed by atoms with van der Waals surface area (Å²) < 4.78 is 88.4. The first-order valence-electron chi connectivity index (χ1n) is 11.8. The van der Waals surface area contributed by atoms with Crippen LogP contribution in [0.4, 0.5) is 35.5 Å². The van der Waals surface area contributed by atoms with E-state index in [9.17, 15) is 45.4 Å². The number of carbonyl (C=O) groups excluding carboxylic acids is 1. The normalized spacial score (nSPS) is 18.8. The Bertz CT molecular complexity index is 1150. The van der Waals surface area contributed by atoms with E-state index in [0.717, 1.165) is 30.9 Å². The maximum Gasteiger partial charge on any atom is 0.416 e. The van der Waals surface area contributed by atoms with Gasteiger partial charge in [-0.2, -0.15) is 26.3 Å². The third-order valence-corrected chi connectivity index (χ3v) is 6.60. The molecule has 1 aliphatic heterocycles. The number of piperidine rings is 1. The Kier molecular flexibility index (Phi) is 9.99. The number of alkyl halides is 6. The maximum atomic E-state index is 13.3. The van der Waals surface area contributed by atoms with Crippen LogP contribution in [0.5, 0.6) is 0 Å². The van der Waals surface area contributed by atoms with Crippen molar-refractivity contribution in [3.05, 3.63) is 70.0 Å². The molecule has 0 saturated carbocycles. The molecule has 39 heavy (non-hydrogen) atoms. The van der Waals surface area contributed by atoms with Crippen molar-refractivity contribution in [3.8, 4) is 0 Å². The maximum absolute atomic E-state index is 13.3. The van der Waals surface area contributed by atoms with Crippen molar-refractivity contribution >= 4 is 12.0 Å². The number of halogens is 7. The van der Waals surface area contributed by atoms with E-state index >= 15 is 0 Å². The van der Waals surface area contributed by atoms with E-state index in [2.05, 4.69) is 4.90 Å². The second kappa shape index (κ2) is 12.2. The molecule has 6 nitrogen and oxygen atoms in total. The SMILES string of the molecule is CC(C(N)=O)c1cc(C(F)(F)F)cc(C(F)(F)F)c1.Cc1cc(F)ccc1C1C(N(C)C)CCCN1C(=O)O. The number of amides is 2. The molecule has 1 heterocycles. The zero-order valence-corrected chi connectivity index (χ0v) is 21.7. The second-order valence-corrected chi connectivity index (χ2v) is 9.56. The summed E-state index contributed by atoms with van der Waals surface area (Å²) in [4.78, 5) is 25.9. The van der Waals surface area contributed by atoms with E-state index < -0.39 is 47.0 Å². The van der Waals surface area contributed by atoms with Crippen LogP contribution in [-0.2, 0) is 17.1 Å². The van der Waals surface area contributed by atoms with Gasteiger partial charge in [-0.15, -0.1) is 0 Å². The zero-order valence-electron chi connectivity index (χ0n) is 21.7. The topological polar surface area (TPSA) is 86.9 Å². The highest BCUT2D eigenvalue weighted by Crippen LogP contribution is 2.38. The van der Waals surface area contributed by atoms with Crippen LogP contribution in [0.25, 0.3) is 0 Å². The highest BCUT2D eigenvalue weighted by atomic mass is 19.4. The Labute approximate surface area is 221 Å². The van der Waals surface area contributed by atoms with E-state index in [1.807, 2.05) is 21.0 Å². The van der Waals surface area contributed by atoms with Gasteiger partial charge in [-0.05, 0) is 87.8 Å². The van der Waals surface area contributed by atoms with Gasteiger partial charge in [0.2, 0.25) is 5.91 Å². The average molecular weight is 566 g/mol. The summed E-state index contributed by atoms with van der Waals surface area (Å²) in [6.45, 7) is 3.50. The molecule has 3 rings (SSSR count). The molecule has 0 aliphatic carbocycles. The first-order chi connectivity index (χ1) is 17.8. The van der Waals surface area contributed by atoms with Crippen LogP contribution in [0.1, 0.15) is 59.5 Å². The first kappa shape index (κ1) is 31.9. The molecule has 0 bridgehead atoms. The lowest BCUT2D eigenvalue weighted by molar-refractivity contribution is -0.143. The zero-order chi connectivity index (χ0) is 29.9. The number of carbonyl (C=O) groups is 2. The largest absolute Gasteiger partial charge is 0.465 e. The van der Waals surface area contributed by atoms with E-state index in [-0.39, 0.29) is 24.0 Å². The number of carboxylic acid groups (broad SMARTS) is 1. The molecule has 1 aliphatic rings. The summed E-state index contributed by atoms with van der Waals surface area (Å²) in [5.41, 5.74) is 3.23. The molecule has 2 aromatic carbocycles. The second-order valence-electron chi connectivity index (χ2n) is 9.56. The number of primary amides is 1. The quantitative estimate of drug-likeness (QED) is 0.433. The van der Waals surface area contributed by atoms with Crippen molar-refractivity contribution in [3.63, 3.8) is 0 Å². The fourth-order valence-electron chi connectivity index (χ4n) is 4.47. The number of hydrogen-bond donors (Lipinski definition) is 2. The van der Waals surface area contributed by atoms with Crippen molar-refractivity contribution in [1.29, 1.82) is 0 Å². The lowest BCUT2D eigenvalue weighted by atomic mass is 9.87. The summed E-state index contributed by atoms with van der Waals surface area (Å²) in [7, 11) is 3.92. The highest BCUT2D eigenvalue weighted by Gasteiger charge is 2.38. The van der Waals surface area contributed by atoms with Gasteiger partial charge >= 0.3 is 18.4 Å². The molecule has 0 radical (unpaired) electrons. The Morgan fingerprint density at radius 1 is 1.03 bits per heavy atom. The van der Waals surface area contributed by atoms with Crippen molar-refractivity contribution in [2.45, 2.75) is 57.0 Å². The van der Waals surface area contributed by atoms with Gasteiger partial charge in [0.25, 0.3) is 0 Å². The fraction of sp³-hybridized carbons (Fsp3) is 0.462. The van der Waals surface area contributed by atoms with Crippen LogP contribution < -0.4 is 5.73 Å². The lowest BCUT2D eigenvalue weighted by Gasteiger charge is -2.43. The number of benzene rings is 2. The predicted molar refractivity (Wildman–Crippen MR) is 129 cm³/mol. The molecule has 3 N–H and O–H groups in total. The molecule has 1 fully saturated rings. The van der Waals surface area contributed by atoms with Gasteiger partial charge in [0.05, 0.1) is 23.1 Å². The molecule has 0 spiro atoms. The minimum absolute atomic E-state index is 0.00276. The van der Waals surface area contributed by atoms with Crippen molar-refractivity contribution in [2.24, 2.45) is 5.73 Å². The van der Waals surface area contributed by atoms with Crippen LogP contribution in [0.2, 0.25) is 0 Å². The van der Waals surface area contributed by atoms with Gasteiger partial charge in [0.15, 0.2) is 0 Å². The number of nitrogens with zero attached hydrogens (tertiary/aromatic N) is 2. The average Bonchev–Trinajstić information content (AvgIpc) is 2.82. The summed E-state index contributed by atoms with van der Waals surface area (Å²) >= 11 is 0. The standard InChI is InChI=1S/C15H21FN2O2.C11H9F6NO/c1-10-9-11(16)6-7-12(10)14-13(17(2)3)5-4-8-18(14)15(19)20;1-5(9(18)19)6-2-7(10(12,13)14)4-8(3-6)11(15,16)17/h6-7,9,13-14H,4-5,8H2,1-3H3,(H,19,20);2-5H,1H3,(H2,18,19). The molecule has 216 valence electrons. The molecular weight excluding hydrogens is 535 g/mol. The molecule has 0 aromatic heterocycles. The van der Waals surface area contributed by atoms with Gasteiger partial charge < -0.3 is 15.7 Å². The summed E-state index contributed by atoms with van der Waals surface area (Å²) in [6, 6.07) is 5.45. The number of hydrogen-bond acceptors (Lipinski definition) is 3. The van der Waals surface area contributed by atoms with Crippen molar-refractivity contribution in [2.75, 3.05) is 20.6 Å². The van der Waals surface area contributed by atoms with Crippen LogP contribution >= 0.6 is 0 Å². The van der Waals surface area contributed by atoms with E-state index in [1.165, 1.54) is 17.0 Å². The van der Waals surface area contributed by atoms with E-state index in [4.69, 9.17) is 5.73 Å². The Balaban J connectivity index is 0.000000274. The summed E-state index contributed by atoms with van der Waals surface area (Å²) in [5.74, 6) is -2.54. The minimum atomic E-state index is -4.94. The van der Waals surface area contributed by atoms with Gasteiger partial charge in [-0.25, -0.2) is 9.18 Å². The van der Waals surface area contributed by atoms with Crippen molar-refractivity contribution in [1.82, 2.24) is 9.80 Å². The molecular formula is C26H30F7N3O3. The molecule has 13 heteroatoms. The summed E-state index contributed by atoms with van der Waals surface area (Å²) in [5, 5.41) is 9.45. The molecule has 1 saturated heterocycles. The van der Waals surface area contributed by atoms with Crippen LogP contribution in [-0.4, -0.2) is 53.6 Å². The Morgan fingerprint density at radius 3 is 1.97 bits per heavy atom. The Hall–Kier alpha value is -3.35. The van der Waals surface area contributed by atoms with Crippen LogP contribution in [0, 0.1) is 12.7 Å². The summed E-state index contributed by atoms with van der Waals surface area (Å²) in [6.07, 6.45) is -8.99. The highest BCUT2D eigenvalue weighted by molar-refractivity contribution is 5.81. The number of likely N-dealkylation sites (N-methyl/N-ethyl adjacent to an activating group) is 1. The Morgan fingerprint density at radius 2 is 1.56 bits per heavy atom. The molecule has 2 aromatic rings. The van der Waals surface area contributed by atoms with Crippen molar-refractivity contribution < 1.29 is 45.4 Å². The predicted octanol–water partition coefficient (Wildman–Crippen LogP) is 6.19. The smallest absolute Gasteiger partial charge is 0.416 e. The monoisotopic (exact) mass is 565 g/mol. The lowest BCUT2D eigenvalue weighted by Crippen LogP contribution is -2.49. The van der Waals surface area contributed by atoms with Gasteiger partial charge in [0, 0.05) is 12.6 Å². The van der Waals surface area contributed by atoms with Gasteiger partial charge in [-0.3, -0.25) is 9.69 Å². The number of nitrogens with two attached hydrogens (primary N) is 1. The molecule has 3 unspecified atom stereocenters. The minimum Gasteiger partial charge on any atom is -0.465 e. The number of likely N-dealkylation sites (tertiary alicyclic amines) is 1. The first-order valence-corrected chi connectivity index (χ1v) is 11.8. The third-order valence-electron chi connectivity index (χ3n) is 6.60. The molecule has 2 amide bonds. The number of rotatable bonds is 4. The van der Waals surface area contributed by atoms with Gasteiger partial charge in [-0.1, -0.05) is 6.07 Å². The van der Waals surface area contributed by atoms with Crippen LogP contribution in [0.3, 0.4) is 0 Å². The number of aryl methyl sites for hydroxylation is 1.